The molecule has 1 rings (SSSR count). The number of benzene rings is 1. The summed E-state index contributed by atoms with van der Waals surface area (Å²) in [5, 5.41) is 12.1. The molecule has 0 bridgehead atoms. The lowest BCUT2D eigenvalue weighted by atomic mass is 10.2. The Balaban J connectivity index is 2.37. The van der Waals surface area contributed by atoms with Gasteiger partial charge in [0.25, 0.3) is 0 Å². The average Bonchev–Trinajstić information content (AvgIpc) is 2.41. The number of aliphatic carboxylic acids is 1. The predicted molar refractivity (Wildman–Crippen MR) is 86.3 cm³/mol. The molecule has 0 saturated heterocycles. The van der Waals surface area contributed by atoms with Crippen LogP contribution in [0.3, 0.4) is 0 Å². The predicted octanol–water partition coefficient (Wildman–Crippen LogP) is 3.85. The van der Waals surface area contributed by atoms with Gasteiger partial charge in [-0.2, -0.15) is 0 Å². The van der Waals surface area contributed by atoms with Crippen LogP contribution in [-0.2, 0) is 9.59 Å². The number of nitrogens with one attached hydrogen (secondary N) is 1. The second-order valence-corrected chi connectivity index (χ2v) is 6.70. The van der Waals surface area contributed by atoms with Gasteiger partial charge in [-0.05, 0) is 38.0 Å². The minimum Gasteiger partial charge on any atom is -0.481 e. The maximum Gasteiger partial charge on any atom is 0.303 e. The molecule has 0 heterocycles. The van der Waals surface area contributed by atoms with Crippen molar-refractivity contribution in [2.45, 2.75) is 36.3 Å². The fraction of sp³-hybridized carbons (Fsp3) is 0.429. The highest BCUT2D eigenvalue weighted by Gasteiger charge is 2.15. The Morgan fingerprint density at radius 1 is 1.33 bits per heavy atom. The van der Waals surface area contributed by atoms with E-state index in [-0.39, 0.29) is 17.6 Å². The summed E-state index contributed by atoms with van der Waals surface area (Å²) in [4.78, 5) is 23.0. The van der Waals surface area contributed by atoms with Gasteiger partial charge >= 0.3 is 5.97 Å². The Kier molecular flexibility index (Phi) is 7.93. The molecule has 1 amide bonds. The molecule has 0 saturated carbocycles. The number of amides is 1. The molecule has 0 aliphatic rings. The number of carboxylic acid groups (broad SMARTS) is 1. The molecular weight excluding hydrogens is 333 g/mol. The second kappa shape index (κ2) is 9.18. The second-order valence-electron chi connectivity index (χ2n) is 4.48. The first-order valence-corrected chi connectivity index (χ1v) is 8.15. The third kappa shape index (κ3) is 7.07. The van der Waals surface area contributed by atoms with Crippen LogP contribution in [0.2, 0.25) is 10.0 Å². The van der Waals surface area contributed by atoms with Crippen LogP contribution in [0.25, 0.3) is 0 Å². The van der Waals surface area contributed by atoms with E-state index >= 15 is 0 Å². The summed E-state index contributed by atoms with van der Waals surface area (Å²) < 4.78 is 0. The standard InChI is InChI=1S/C14H17Cl2NO3S/c1-9(14(20)17-7-3-2-4-13(18)19)21-12-8-10(15)5-6-11(12)16/h5-6,8-9H,2-4,7H2,1H3,(H,17,20)(H,18,19). The molecule has 4 nitrogen and oxygen atoms in total. The van der Waals surface area contributed by atoms with Gasteiger partial charge in [0.2, 0.25) is 5.91 Å². The molecular formula is C14H17Cl2NO3S. The zero-order valence-corrected chi connectivity index (χ0v) is 13.9. The smallest absolute Gasteiger partial charge is 0.303 e. The molecule has 1 aromatic rings. The molecule has 0 aliphatic carbocycles. The number of hydrogen-bond acceptors (Lipinski definition) is 3. The molecule has 0 aromatic heterocycles. The molecule has 21 heavy (non-hydrogen) atoms. The number of rotatable bonds is 8. The van der Waals surface area contributed by atoms with Crippen molar-refractivity contribution in [3.05, 3.63) is 28.2 Å². The van der Waals surface area contributed by atoms with Crippen molar-refractivity contribution in [2.75, 3.05) is 6.54 Å². The number of thioether (sulfide) groups is 1. The average molecular weight is 350 g/mol. The quantitative estimate of drug-likeness (QED) is 0.552. The van der Waals surface area contributed by atoms with Gasteiger partial charge in [-0.25, -0.2) is 0 Å². The van der Waals surface area contributed by atoms with Crippen LogP contribution in [0, 0.1) is 0 Å². The molecule has 7 heteroatoms. The summed E-state index contributed by atoms with van der Waals surface area (Å²) in [6, 6.07) is 5.12. The van der Waals surface area contributed by atoms with Crippen LogP contribution in [0.15, 0.2) is 23.1 Å². The van der Waals surface area contributed by atoms with Gasteiger partial charge in [0, 0.05) is 22.9 Å². The minimum atomic E-state index is -0.819. The summed E-state index contributed by atoms with van der Waals surface area (Å²) in [7, 11) is 0. The van der Waals surface area contributed by atoms with E-state index in [0.29, 0.717) is 29.4 Å². The molecule has 0 radical (unpaired) electrons. The maximum absolute atomic E-state index is 11.9. The van der Waals surface area contributed by atoms with Crippen LogP contribution in [0.5, 0.6) is 0 Å². The molecule has 0 fully saturated rings. The molecule has 0 spiro atoms. The number of carboxylic acids is 1. The molecule has 116 valence electrons. The van der Waals surface area contributed by atoms with Crippen molar-refractivity contribution >= 4 is 46.8 Å². The first-order chi connectivity index (χ1) is 9.90. The molecule has 1 unspecified atom stereocenters. The minimum absolute atomic E-state index is 0.105. The van der Waals surface area contributed by atoms with E-state index in [1.807, 2.05) is 0 Å². The van der Waals surface area contributed by atoms with E-state index in [0.717, 1.165) is 4.90 Å². The van der Waals surface area contributed by atoms with Crippen molar-refractivity contribution in [3.8, 4) is 0 Å². The number of halogens is 2. The van der Waals surface area contributed by atoms with E-state index in [1.54, 1.807) is 25.1 Å². The lowest BCUT2D eigenvalue weighted by Crippen LogP contribution is -2.31. The first-order valence-electron chi connectivity index (χ1n) is 6.51. The third-order valence-electron chi connectivity index (χ3n) is 2.68. The Morgan fingerprint density at radius 2 is 2.05 bits per heavy atom. The Morgan fingerprint density at radius 3 is 2.71 bits per heavy atom. The highest BCUT2D eigenvalue weighted by atomic mass is 35.5. The van der Waals surface area contributed by atoms with Crippen molar-refractivity contribution in [1.29, 1.82) is 0 Å². The van der Waals surface area contributed by atoms with Crippen LogP contribution in [0.4, 0.5) is 0 Å². The fourth-order valence-electron chi connectivity index (χ4n) is 1.57. The maximum atomic E-state index is 11.9. The van der Waals surface area contributed by atoms with Crippen molar-refractivity contribution in [1.82, 2.24) is 5.32 Å². The fourth-order valence-corrected chi connectivity index (χ4v) is 3.00. The molecule has 0 aliphatic heterocycles. The number of carbonyl (C=O) groups is 2. The van der Waals surface area contributed by atoms with E-state index in [2.05, 4.69) is 5.32 Å². The third-order valence-corrected chi connectivity index (χ3v) is 4.52. The zero-order chi connectivity index (χ0) is 15.8. The summed E-state index contributed by atoms with van der Waals surface area (Å²) in [6.07, 6.45) is 1.32. The van der Waals surface area contributed by atoms with Crippen LogP contribution in [0.1, 0.15) is 26.2 Å². The molecule has 1 atom stereocenters. The van der Waals surface area contributed by atoms with Crippen molar-refractivity contribution in [3.63, 3.8) is 0 Å². The SMILES string of the molecule is CC(Sc1cc(Cl)ccc1Cl)C(=O)NCCCCC(=O)O. The Bertz CT molecular complexity index is 511. The summed E-state index contributed by atoms with van der Waals surface area (Å²) in [5.74, 6) is -0.924. The topological polar surface area (TPSA) is 66.4 Å². The van der Waals surface area contributed by atoms with Gasteiger partial charge < -0.3 is 10.4 Å². The molecule has 2 N–H and O–H groups in total. The van der Waals surface area contributed by atoms with Gasteiger partial charge in [-0.1, -0.05) is 23.2 Å². The summed E-state index contributed by atoms with van der Waals surface area (Å²) in [5.41, 5.74) is 0. The molecule has 1 aromatic carbocycles. The summed E-state index contributed by atoms with van der Waals surface area (Å²) >= 11 is 13.3. The van der Waals surface area contributed by atoms with Crippen LogP contribution < -0.4 is 5.32 Å². The zero-order valence-electron chi connectivity index (χ0n) is 11.6. The lowest BCUT2D eigenvalue weighted by molar-refractivity contribution is -0.137. The Hall–Kier alpha value is -0.910. The van der Waals surface area contributed by atoms with E-state index in [9.17, 15) is 9.59 Å². The highest BCUT2D eigenvalue weighted by Crippen LogP contribution is 2.32. The summed E-state index contributed by atoms with van der Waals surface area (Å²) in [6.45, 7) is 2.26. The largest absolute Gasteiger partial charge is 0.481 e. The van der Waals surface area contributed by atoms with Gasteiger partial charge in [0.15, 0.2) is 0 Å². The number of hydrogen-bond donors (Lipinski definition) is 2. The first kappa shape index (κ1) is 18.1. The highest BCUT2D eigenvalue weighted by molar-refractivity contribution is 8.00. The number of unbranched alkanes of at least 4 members (excludes halogenated alkanes) is 1. The van der Waals surface area contributed by atoms with Crippen LogP contribution in [-0.4, -0.2) is 28.8 Å². The lowest BCUT2D eigenvalue weighted by Gasteiger charge is -2.13. The van der Waals surface area contributed by atoms with Crippen molar-refractivity contribution < 1.29 is 14.7 Å². The van der Waals surface area contributed by atoms with Gasteiger partial charge in [-0.3, -0.25) is 9.59 Å². The van der Waals surface area contributed by atoms with E-state index in [4.69, 9.17) is 28.3 Å². The monoisotopic (exact) mass is 349 g/mol. The van der Waals surface area contributed by atoms with Crippen LogP contribution >= 0.6 is 35.0 Å². The van der Waals surface area contributed by atoms with Gasteiger partial charge in [-0.15, -0.1) is 11.8 Å². The van der Waals surface area contributed by atoms with Crippen molar-refractivity contribution in [2.24, 2.45) is 0 Å². The van der Waals surface area contributed by atoms with E-state index in [1.165, 1.54) is 11.8 Å². The number of carbonyl (C=O) groups excluding carboxylic acids is 1. The van der Waals surface area contributed by atoms with Gasteiger partial charge in [0.05, 0.1) is 10.3 Å². The van der Waals surface area contributed by atoms with Gasteiger partial charge in [0.1, 0.15) is 0 Å². The van der Waals surface area contributed by atoms with E-state index < -0.39 is 5.97 Å². The normalized spacial score (nSPS) is 12.0. The Labute approximate surface area is 138 Å².